The predicted molar refractivity (Wildman–Crippen MR) is 128 cm³/mol. The number of piperidine rings is 1. The number of nitrogens with one attached hydrogen (secondary N) is 1. The number of carbonyl (C=O) groups is 1. The van der Waals surface area contributed by atoms with Gasteiger partial charge in [0, 0.05) is 38.1 Å². The van der Waals surface area contributed by atoms with Crippen LogP contribution in [0.1, 0.15) is 35.4 Å². The van der Waals surface area contributed by atoms with Gasteiger partial charge in [0.2, 0.25) is 10.0 Å². The zero-order valence-electron chi connectivity index (χ0n) is 19.2. The lowest BCUT2D eigenvalue weighted by atomic mass is 10.2. The summed E-state index contributed by atoms with van der Waals surface area (Å²) in [5, 5.41) is 2.77. The molecule has 0 bridgehead atoms. The van der Waals surface area contributed by atoms with Crippen LogP contribution in [0.15, 0.2) is 59.8 Å². The highest BCUT2D eigenvalue weighted by Crippen LogP contribution is 2.30. The maximum absolute atomic E-state index is 13.1. The second-order valence-electron chi connectivity index (χ2n) is 8.05. The van der Waals surface area contributed by atoms with Gasteiger partial charge in [0.1, 0.15) is 23.9 Å². The van der Waals surface area contributed by atoms with E-state index >= 15 is 0 Å². The van der Waals surface area contributed by atoms with Crippen LogP contribution in [0.5, 0.6) is 11.5 Å². The van der Waals surface area contributed by atoms with Gasteiger partial charge in [-0.05, 0) is 55.3 Å². The standard InChI is InChI=1S/C24H28N4O5S/c1-27-15-12-25-23(27)17-33-19-8-6-18(7-9-19)24(29)26-21-16-20(10-11-22(21)32-2)34(30,31)28-13-4-3-5-14-28/h6-12,15-16H,3-5,13-14,17H2,1-2H3,(H,26,29). The molecule has 1 amide bonds. The number of hydrogen-bond donors (Lipinski definition) is 1. The Hall–Kier alpha value is -3.37. The number of imidazole rings is 1. The van der Waals surface area contributed by atoms with Crippen molar-refractivity contribution < 1.29 is 22.7 Å². The van der Waals surface area contributed by atoms with Crippen molar-refractivity contribution in [1.82, 2.24) is 13.9 Å². The third-order valence-corrected chi connectivity index (χ3v) is 7.67. The molecule has 1 saturated heterocycles. The lowest BCUT2D eigenvalue weighted by Crippen LogP contribution is -2.35. The van der Waals surface area contributed by atoms with Crippen LogP contribution >= 0.6 is 0 Å². The lowest BCUT2D eigenvalue weighted by Gasteiger charge is -2.26. The molecule has 1 fully saturated rings. The quantitative estimate of drug-likeness (QED) is 0.526. The van der Waals surface area contributed by atoms with Gasteiger partial charge in [-0.15, -0.1) is 0 Å². The number of amides is 1. The van der Waals surface area contributed by atoms with E-state index in [1.807, 2.05) is 17.8 Å². The molecule has 1 aromatic heterocycles. The van der Waals surface area contributed by atoms with Gasteiger partial charge >= 0.3 is 0 Å². The first kappa shape index (κ1) is 23.8. The molecule has 10 heteroatoms. The Morgan fingerprint density at radius 1 is 1.09 bits per heavy atom. The van der Waals surface area contributed by atoms with E-state index in [9.17, 15) is 13.2 Å². The van der Waals surface area contributed by atoms with Gasteiger partial charge in [0.25, 0.3) is 5.91 Å². The SMILES string of the molecule is COc1ccc(S(=O)(=O)N2CCCCC2)cc1NC(=O)c1ccc(OCc2nccn2C)cc1. The van der Waals surface area contributed by atoms with Crippen LogP contribution in [0.3, 0.4) is 0 Å². The molecule has 0 atom stereocenters. The monoisotopic (exact) mass is 484 g/mol. The van der Waals surface area contributed by atoms with Crippen LogP contribution in [0, 0.1) is 0 Å². The molecular formula is C24H28N4O5S. The van der Waals surface area contributed by atoms with Crippen molar-refractivity contribution >= 4 is 21.6 Å². The zero-order chi connectivity index (χ0) is 24.1. The summed E-state index contributed by atoms with van der Waals surface area (Å²) >= 11 is 0. The van der Waals surface area contributed by atoms with Crippen molar-refractivity contribution in [2.45, 2.75) is 30.8 Å². The maximum atomic E-state index is 13.1. The normalized spacial score (nSPS) is 14.5. The van der Waals surface area contributed by atoms with Gasteiger partial charge < -0.3 is 19.4 Å². The molecule has 0 spiro atoms. The molecule has 1 N–H and O–H groups in total. The van der Waals surface area contributed by atoms with Crippen molar-refractivity contribution in [3.8, 4) is 11.5 Å². The molecule has 0 aliphatic carbocycles. The Morgan fingerprint density at radius 3 is 2.47 bits per heavy atom. The average Bonchev–Trinajstić information content (AvgIpc) is 3.28. The summed E-state index contributed by atoms with van der Waals surface area (Å²) in [7, 11) is -0.282. The van der Waals surface area contributed by atoms with E-state index in [-0.39, 0.29) is 10.8 Å². The van der Waals surface area contributed by atoms with Crippen LogP contribution < -0.4 is 14.8 Å². The third-order valence-electron chi connectivity index (χ3n) is 5.78. The number of rotatable bonds is 8. The van der Waals surface area contributed by atoms with Gasteiger partial charge in [-0.2, -0.15) is 4.31 Å². The Labute approximate surface area is 199 Å². The van der Waals surface area contributed by atoms with E-state index in [0.29, 0.717) is 42.4 Å². The summed E-state index contributed by atoms with van der Waals surface area (Å²) in [5.74, 6) is 1.38. The number of benzene rings is 2. The summed E-state index contributed by atoms with van der Waals surface area (Å²) in [5.41, 5.74) is 0.691. The Bertz CT molecular complexity index is 1250. The van der Waals surface area contributed by atoms with Crippen LogP contribution in [-0.2, 0) is 23.7 Å². The first-order valence-electron chi connectivity index (χ1n) is 11.1. The van der Waals surface area contributed by atoms with Crippen LogP contribution in [0.2, 0.25) is 0 Å². The fraction of sp³-hybridized carbons (Fsp3) is 0.333. The Morgan fingerprint density at radius 2 is 1.82 bits per heavy atom. The molecule has 2 heterocycles. The van der Waals surface area contributed by atoms with Gasteiger partial charge in [-0.1, -0.05) is 6.42 Å². The van der Waals surface area contributed by atoms with Gasteiger partial charge in [0.15, 0.2) is 0 Å². The van der Waals surface area contributed by atoms with Crippen molar-refractivity contribution in [3.05, 3.63) is 66.2 Å². The molecule has 0 radical (unpaired) electrons. The number of anilines is 1. The minimum Gasteiger partial charge on any atom is -0.495 e. The first-order valence-corrected chi connectivity index (χ1v) is 12.5. The molecule has 34 heavy (non-hydrogen) atoms. The molecule has 2 aromatic carbocycles. The molecule has 0 saturated carbocycles. The average molecular weight is 485 g/mol. The van der Waals surface area contributed by atoms with E-state index in [4.69, 9.17) is 9.47 Å². The molecule has 1 aliphatic rings. The highest BCUT2D eigenvalue weighted by atomic mass is 32.2. The van der Waals surface area contributed by atoms with Gasteiger partial charge in [-0.25, -0.2) is 13.4 Å². The predicted octanol–water partition coefficient (Wildman–Crippen LogP) is 3.43. The van der Waals surface area contributed by atoms with Crippen LogP contribution in [0.4, 0.5) is 5.69 Å². The topological polar surface area (TPSA) is 103 Å². The second-order valence-corrected chi connectivity index (χ2v) is 9.99. The molecule has 0 unspecified atom stereocenters. The number of aromatic nitrogens is 2. The highest BCUT2D eigenvalue weighted by Gasteiger charge is 2.27. The summed E-state index contributed by atoms with van der Waals surface area (Å²) < 4.78 is 40.5. The molecule has 3 aromatic rings. The minimum atomic E-state index is -3.64. The first-order chi connectivity index (χ1) is 16.4. The van der Waals surface area contributed by atoms with E-state index in [1.165, 1.54) is 23.5 Å². The van der Waals surface area contributed by atoms with Crippen LogP contribution in [0.25, 0.3) is 0 Å². The maximum Gasteiger partial charge on any atom is 0.255 e. The number of methoxy groups -OCH3 is 1. The molecule has 1 aliphatic heterocycles. The molecule has 9 nitrogen and oxygen atoms in total. The minimum absolute atomic E-state index is 0.128. The number of carbonyl (C=O) groups excluding carboxylic acids is 1. The Balaban J connectivity index is 1.47. The van der Waals surface area contributed by atoms with E-state index in [0.717, 1.165) is 25.1 Å². The second kappa shape index (κ2) is 10.3. The fourth-order valence-electron chi connectivity index (χ4n) is 3.78. The summed E-state index contributed by atoms with van der Waals surface area (Å²) in [6.07, 6.45) is 6.27. The number of ether oxygens (including phenoxy) is 2. The molecule has 4 rings (SSSR count). The van der Waals surface area contributed by atoms with Gasteiger partial charge in [-0.3, -0.25) is 4.79 Å². The highest BCUT2D eigenvalue weighted by molar-refractivity contribution is 7.89. The van der Waals surface area contributed by atoms with Crippen molar-refractivity contribution in [3.63, 3.8) is 0 Å². The zero-order valence-corrected chi connectivity index (χ0v) is 20.0. The van der Waals surface area contributed by atoms with Crippen LogP contribution in [-0.4, -0.2) is 48.4 Å². The van der Waals surface area contributed by atoms with E-state index in [1.54, 1.807) is 36.5 Å². The summed E-state index contributed by atoms with van der Waals surface area (Å²) in [6.45, 7) is 1.32. The lowest BCUT2D eigenvalue weighted by molar-refractivity contribution is 0.102. The number of nitrogens with zero attached hydrogens (tertiary/aromatic N) is 3. The number of hydrogen-bond acceptors (Lipinski definition) is 6. The largest absolute Gasteiger partial charge is 0.495 e. The van der Waals surface area contributed by atoms with E-state index < -0.39 is 10.0 Å². The fourth-order valence-corrected chi connectivity index (χ4v) is 5.32. The Kier molecular flexibility index (Phi) is 7.18. The summed E-state index contributed by atoms with van der Waals surface area (Å²) in [4.78, 5) is 17.2. The molecular weight excluding hydrogens is 456 g/mol. The van der Waals surface area contributed by atoms with Gasteiger partial charge in [0.05, 0.1) is 17.7 Å². The summed E-state index contributed by atoms with van der Waals surface area (Å²) in [6, 6.07) is 11.2. The molecule has 180 valence electrons. The third kappa shape index (κ3) is 5.23. The van der Waals surface area contributed by atoms with E-state index in [2.05, 4.69) is 10.3 Å². The van der Waals surface area contributed by atoms with Crippen molar-refractivity contribution in [1.29, 1.82) is 0 Å². The number of sulfonamides is 1. The number of aryl methyl sites for hydroxylation is 1. The van der Waals surface area contributed by atoms with Crippen molar-refractivity contribution in [2.75, 3.05) is 25.5 Å². The van der Waals surface area contributed by atoms with Crippen molar-refractivity contribution in [2.24, 2.45) is 7.05 Å². The smallest absolute Gasteiger partial charge is 0.255 e.